The molecule has 1 aromatic heterocycles. The zero-order valence-electron chi connectivity index (χ0n) is 13.3. The minimum Gasteiger partial charge on any atom is -0.484 e. The van der Waals surface area contributed by atoms with E-state index in [1.54, 1.807) is 6.92 Å². The summed E-state index contributed by atoms with van der Waals surface area (Å²) in [6.07, 6.45) is 3.99. The van der Waals surface area contributed by atoms with E-state index < -0.39 is 0 Å². The van der Waals surface area contributed by atoms with Crippen LogP contribution in [0.4, 0.5) is 0 Å². The number of hydrogen-bond acceptors (Lipinski definition) is 5. The lowest BCUT2D eigenvalue weighted by Gasteiger charge is -2.27. The Labute approximate surface area is 135 Å². The number of ether oxygens (including phenoxy) is 1. The number of para-hydroxylation sites is 1. The van der Waals surface area contributed by atoms with Gasteiger partial charge in [-0.05, 0) is 31.9 Å². The van der Waals surface area contributed by atoms with Crippen LogP contribution in [0, 0.1) is 6.92 Å². The first-order valence-corrected chi connectivity index (χ1v) is 8.01. The Bertz CT molecular complexity index is 642. The van der Waals surface area contributed by atoms with Crippen molar-refractivity contribution in [1.29, 1.82) is 0 Å². The molecule has 0 bridgehead atoms. The number of carbonyl (C=O) groups excluding carboxylic acids is 1. The first kappa shape index (κ1) is 15.5. The van der Waals surface area contributed by atoms with Crippen molar-refractivity contribution in [3.63, 3.8) is 0 Å². The van der Waals surface area contributed by atoms with Crippen LogP contribution >= 0.6 is 0 Å². The van der Waals surface area contributed by atoms with E-state index in [0.717, 1.165) is 25.7 Å². The van der Waals surface area contributed by atoms with E-state index in [9.17, 15) is 4.79 Å². The Kier molecular flexibility index (Phi) is 4.90. The number of aryl methyl sites for hydroxylation is 1. The molecule has 1 aliphatic heterocycles. The van der Waals surface area contributed by atoms with Gasteiger partial charge in [0.2, 0.25) is 5.89 Å². The summed E-state index contributed by atoms with van der Waals surface area (Å²) in [7, 11) is 0. The fraction of sp³-hybridized carbons (Fsp3) is 0.471. The van der Waals surface area contributed by atoms with Gasteiger partial charge in [-0.1, -0.05) is 36.2 Å². The predicted octanol–water partition coefficient (Wildman–Crippen LogP) is 2.90. The van der Waals surface area contributed by atoms with E-state index >= 15 is 0 Å². The summed E-state index contributed by atoms with van der Waals surface area (Å²) in [6, 6.07) is 9.22. The average Bonchev–Trinajstić information content (AvgIpc) is 2.85. The minimum atomic E-state index is -0.148. The van der Waals surface area contributed by atoms with Crippen LogP contribution in [0.25, 0.3) is 0 Å². The van der Waals surface area contributed by atoms with Crippen molar-refractivity contribution in [3.05, 3.63) is 42.0 Å². The van der Waals surface area contributed by atoms with Gasteiger partial charge in [-0.15, -0.1) is 0 Å². The summed E-state index contributed by atoms with van der Waals surface area (Å²) >= 11 is 0. The van der Waals surface area contributed by atoms with E-state index in [4.69, 9.17) is 9.26 Å². The Morgan fingerprint density at radius 2 is 2.13 bits per heavy atom. The second kappa shape index (κ2) is 7.26. The first-order valence-electron chi connectivity index (χ1n) is 8.01. The van der Waals surface area contributed by atoms with Gasteiger partial charge in [0, 0.05) is 6.54 Å². The molecule has 0 radical (unpaired) electrons. The molecule has 0 N–H and O–H groups in total. The molecule has 1 aromatic carbocycles. The highest BCUT2D eigenvalue weighted by molar-refractivity contribution is 5.78. The SMILES string of the molecule is Cc1noc([C@@H]2CCCCCN2C(=O)COc2ccccc2)n1. The number of aromatic nitrogens is 2. The van der Waals surface area contributed by atoms with Crippen molar-refractivity contribution in [2.75, 3.05) is 13.2 Å². The molecule has 0 unspecified atom stereocenters. The Morgan fingerprint density at radius 1 is 1.30 bits per heavy atom. The molecule has 0 saturated carbocycles. The highest BCUT2D eigenvalue weighted by atomic mass is 16.5. The third-order valence-corrected chi connectivity index (χ3v) is 4.01. The zero-order valence-corrected chi connectivity index (χ0v) is 13.3. The van der Waals surface area contributed by atoms with E-state index in [0.29, 0.717) is 24.0 Å². The molecule has 6 nitrogen and oxygen atoms in total. The van der Waals surface area contributed by atoms with Crippen LogP contribution in [0.5, 0.6) is 5.75 Å². The van der Waals surface area contributed by atoms with Gasteiger partial charge in [0.15, 0.2) is 12.4 Å². The number of nitrogens with zero attached hydrogens (tertiary/aromatic N) is 3. The van der Waals surface area contributed by atoms with Crippen LogP contribution in [0.2, 0.25) is 0 Å². The number of rotatable bonds is 4. The monoisotopic (exact) mass is 315 g/mol. The molecule has 1 amide bonds. The maximum Gasteiger partial charge on any atom is 0.261 e. The largest absolute Gasteiger partial charge is 0.484 e. The van der Waals surface area contributed by atoms with E-state index in [2.05, 4.69) is 10.1 Å². The summed E-state index contributed by atoms with van der Waals surface area (Å²) < 4.78 is 10.9. The quantitative estimate of drug-likeness (QED) is 0.867. The highest BCUT2D eigenvalue weighted by Gasteiger charge is 2.30. The molecule has 2 heterocycles. The normalized spacial score (nSPS) is 18.5. The smallest absolute Gasteiger partial charge is 0.261 e. The minimum absolute atomic E-state index is 0.0215. The molecular weight excluding hydrogens is 294 g/mol. The Morgan fingerprint density at radius 3 is 2.87 bits per heavy atom. The third-order valence-electron chi connectivity index (χ3n) is 4.01. The molecule has 122 valence electrons. The van der Waals surface area contributed by atoms with Crippen molar-refractivity contribution in [1.82, 2.24) is 15.0 Å². The fourth-order valence-corrected chi connectivity index (χ4v) is 2.86. The summed E-state index contributed by atoms with van der Waals surface area (Å²) in [5.74, 6) is 1.77. The van der Waals surface area contributed by atoms with Gasteiger partial charge in [0.05, 0.1) is 0 Å². The number of hydrogen-bond donors (Lipinski definition) is 0. The summed E-state index contributed by atoms with van der Waals surface area (Å²) in [6.45, 7) is 2.51. The van der Waals surface area contributed by atoms with Gasteiger partial charge in [0.1, 0.15) is 11.8 Å². The van der Waals surface area contributed by atoms with Crippen LogP contribution in [-0.4, -0.2) is 34.1 Å². The highest BCUT2D eigenvalue weighted by Crippen LogP contribution is 2.29. The van der Waals surface area contributed by atoms with Crippen molar-refractivity contribution in [2.45, 2.75) is 38.6 Å². The van der Waals surface area contributed by atoms with Crippen LogP contribution in [0.3, 0.4) is 0 Å². The molecule has 1 atom stereocenters. The van der Waals surface area contributed by atoms with E-state index in [1.165, 1.54) is 0 Å². The second-order valence-electron chi connectivity index (χ2n) is 5.73. The average molecular weight is 315 g/mol. The topological polar surface area (TPSA) is 68.5 Å². The Hall–Kier alpha value is -2.37. The maximum absolute atomic E-state index is 12.6. The van der Waals surface area contributed by atoms with Gasteiger partial charge in [-0.25, -0.2) is 0 Å². The maximum atomic E-state index is 12.6. The fourth-order valence-electron chi connectivity index (χ4n) is 2.86. The Balaban J connectivity index is 1.70. The van der Waals surface area contributed by atoms with Gasteiger partial charge in [0.25, 0.3) is 5.91 Å². The molecule has 2 aromatic rings. The molecule has 23 heavy (non-hydrogen) atoms. The van der Waals surface area contributed by atoms with E-state index in [1.807, 2.05) is 35.2 Å². The number of amides is 1. The van der Waals surface area contributed by atoms with Crippen molar-refractivity contribution >= 4 is 5.91 Å². The second-order valence-corrected chi connectivity index (χ2v) is 5.73. The van der Waals surface area contributed by atoms with Crippen molar-refractivity contribution in [2.24, 2.45) is 0 Å². The van der Waals surface area contributed by atoms with Gasteiger partial charge < -0.3 is 14.2 Å². The van der Waals surface area contributed by atoms with Crippen LogP contribution in [-0.2, 0) is 4.79 Å². The molecule has 1 fully saturated rings. The lowest BCUT2D eigenvalue weighted by atomic mass is 10.1. The summed E-state index contributed by atoms with van der Waals surface area (Å²) in [5, 5.41) is 3.85. The molecule has 6 heteroatoms. The molecular formula is C17H21N3O3. The molecule has 1 saturated heterocycles. The van der Waals surface area contributed by atoms with Crippen LogP contribution < -0.4 is 4.74 Å². The molecule has 3 rings (SSSR count). The predicted molar refractivity (Wildman–Crippen MR) is 83.9 cm³/mol. The van der Waals surface area contributed by atoms with Gasteiger partial charge in [-0.3, -0.25) is 4.79 Å². The number of carbonyl (C=O) groups is 1. The number of benzene rings is 1. The van der Waals surface area contributed by atoms with Gasteiger partial charge >= 0.3 is 0 Å². The van der Waals surface area contributed by atoms with Crippen LogP contribution in [0.15, 0.2) is 34.9 Å². The molecule has 0 spiro atoms. The first-order chi connectivity index (χ1) is 11.2. The van der Waals surface area contributed by atoms with Crippen LogP contribution in [0.1, 0.15) is 43.4 Å². The standard InChI is InChI=1S/C17H21N3O3/c1-13-18-17(23-19-13)15-10-6-3-7-11-20(15)16(21)12-22-14-8-4-2-5-9-14/h2,4-5,8-9,15H,3,6-7,10-12H2,1H3/t15-/m0/s1. The van der Waals surface area contributed by atoms with Gasteiger partial charge in [-0.2, -0.15) is 4.98 Å². The zero-order chi connectivity index (χ0) is 16.1. The van der Waals surface area contributed by atoms with E-state index in [-0.39, 0.29) is 18.6 Å². The van der Waals surface area contributed by atoms with Crippen molar-refractivity contribution in [3.8, 4) is 5.75 Å². The lowest BCUT2D eigenvalue weighted by molar-refractivity contribution is -0.136. The van der Waals surface area contributed by atoms with Crippen molar-refractivity contribution < 1.29 is 14.1 Å². The summed E-state index contributed by atoms with van der Waals surface area (Å²) in [5.41, 5.74) is 0. The lowest BCUT2D eigenvalue weighted by Crippen LogP contribution is -2.38. The third kappa shape index (κ3) is 3.88. The molecule has 1 aliphatic rings. The summed E-state index contributed by atoms with van der Waals surface area (Å²) in [4.78, 5) is 18.8. The number of likely N-dealkylation sites (tertiary alicyclic amines) is 1. The molecule has 0 aliphatic carbocycles.